The van der Waals surface area contributed by atoms with Crippen molar-refractivity contribution >= 4 is 46.9 Å². The molecule has 162 valence electrons. The molecule has 1 amide bonds. The predicted octanol–water partition coefficient (Wildman–Crippen LogP) is 6.45. The van der Waals surface area contributed by atoms with Crippen LogP contribution in [0.25, 0.3) is 0 Å². The highest BCUT2D eigenvalue weighted by molar-refractivity contribution is 8.00. The smallest absolute Gasteiger partial charge is 0.242 e. The van der Waals surface area contributed by atoms with E-state index in [0.717, 1.165) is 26.1 Å². The first-order valence-corrected chi connectivity index (χ1v) is 12.7. The number of aryl methyl sites for hydroxylation is 1. The molecule has 3 rings (SSSR count). The van der Waals surface area contributed by atoms with E-state index in [0.29, 0.717) is 11.4 Å². The minimum absolute atomic E-state index is 0.171. The number of carbonyl (C=O) groups excluding carboxylic acids is 1. The van der Waals surface area contributed by atoms with Crippen molar-refractivity contribution in [3.05, 3.63) is 71.7 Å². The van der Waals surface area contributed by atoms with Crippen LogP contribution in [-0.4, -0.2) is 30.5 Å². The molecule has 1 unspecified atom stereocenters. The number of carbonyl (C=O) groups is 1. The average Bonchev–Trinajstić information content (AvgIpc) is 2.79. The number of nitrogens with one attached hydrogen (secondary N) is 1. The van der Waals surface area contributed by atoms with Gasteiger partial charge in [0, 0.05) is 15.5 Å². The second kappa shape index (κ2) is 10.9. The van der Waals surface area contributed by atoms with Crippen LogP contribution in [0.2, 0.25) is 0 Å². The van der Waals surface area contributed by atoms with Gasteiger partial charge < -0.3 is 10.1 Å². The summed E-state index contributed by atoms with van der Waals surface area (Å²) in [7, 11) is 1.60. The summed E-state index contributed by atoms with van der Waals surface area (Å²) in [4.78, 5) is 19.8. The number of aromatic nitrogens is 1. The van der Waals surface area contributed by atoms with Gasteiger partial charge in [0.1, 0.15) is 21.8 Å². The Balaban J connectivity index is 1.96. The first kappa shape index (κ1) is 23.5. The number of halogens is 1. The summed E-state index contributed by atoms with van der Waals surface area (Å²) in [5, 5.41) is 3.33. The molecule has 3 aromatic rings. The molecule has 1 atom stereocenters. The fourth-order valence-corrected chi connectivity index (χ4v) is 5.26. The summed E-state index contributed by atoms with van der Waals surface area (Å²) in [6.45, 7) is 1.94. The number of rotatable bonds is 8. The number of hydrogen-bond acceptors (Lipinski definition) is 6. The van der Waals surface area contributed by atoms with E-state index in [4.69, 9.17) is 4.74 Å². The second-order valence-corrected chi connectivity index (χ2v) is 9.39. The van der Waals surface area contributed by atoms with Gasteiger partial charge in [0.05, 0.1) is 12.8 Å². The molecule has 1 N–H and O–H groups in total. The Morgan fingerprint density at radius 1 is 1.06 bits per heavy atom. The number of hydrogen-bond donors (Lipinski definition) is 1. The van der Waals surface area contributed by atoms with Crippen LogP contribution in [0.5, 0.6) is 5.75 Å². The summed E-state index contributed by atoms with van der Waals surface area (Å²) in [5.41, 5.74) is 2.44. The molecular formula is C23H23FN2O2S3. The highest BCUT2D eigenvalue weighted by Crippen LogP contribution is 2.39. The zero-order chi connectivity index (χ0) is 22.4. The molecular weight excluding hydrogens is 451 g/mol. The van der Waals surface area contributed by atoms with Crippen LogP contribution >= 0.6 is 35.3 Å². The van der Waals surface area contributed by atoms with Gasteiger partial charge in [0.15, 0.2) is 0 Å². The van der Waals surface area contributed by atoms with E-state index in [9.17, 15) is 9.18 Å². The Hall–Kier alpha value is -2.16. The Kier molecular flexibility index (Phi) is 8.28. The minimum atomic E-state index is -0.540. The number of pyridine rings is 1. The van der Waals surface area contributed by atoms with Gasteiger partial charge in [0.25, 0.3) is 0 Å². The lowest BCUT2D eigenvalue weighted by Crippen LogP contribution is -2.20. The fraction of sp³-hybridized carbons (Fsp3) is 0.217. The predicted molar refractivity (Wildman–Crippen MR) is 129 cm³/mol. The molecule has 1 heterocycles. The fourth-order valence-electron chi connectivity index (χ4n) is 2.93. The number of amides is 1. The van der Waals surface area contributed by atoms with Crippen molar-refractivity contribution in [1.82, 2.24) is 4.98 Å². The zero-order valence-electron chi connectivity index (χ0n) is 17.6. The highest BCUT2D eigenvalue weighted by Gasteiger charge is 2.25. The molecule has 4 nitrogen and oxygen atoms in total. The molecule has 31 heavy (non-hydrogen) atoms. The number of nitrogens with zero attached hydrogens (tertiary/aromatic N) is 1. The van der Waals surface area contributed by atoms with Crippen molar-refractivity contribution in [2.24, 2.45) is 0 Å². The molecule has 0 saturated heterocycles. The zero-order valence-corrected chi connectivity index (χ0v) is 20.1. The Morgan fingerprint density at radius 3 is 2.32 bits per heavy atom. The quantitative estimate of drug-likeness (QED) is 0.379. The third kappa shape index (κ3) is 5.96. The van der Waals surface area contributed by atoms with Crippen LogP contribution in [0.1, 0.15) is 16.5 Å². The first-order valence-electron chi connectivity index (χ1n) is 9.41. The molecule has 1 aromatic heterocycles. The van der Waals surface area contributed by atoms with Gasteiger partial charge in [-0.15, -0.1) is 35.3 Å². The maximum atomic E-state index is 13.5. The molecule has 2 aromatic carbocycles. The van der Waals surface area contributed by atoms with Crippen LogP contribution in [0.3, 0.4) is 0 Å². The Labute approximate surface area is 194 Å². The van der Waals surface area contributed by atoms with E-state index in [1.807, 2.05) is 49.8 Å². The number of methoxy groups -OCH3 is 1. The van der Waals surface area contributed by atoms with E-state index in [1.165, 1.54) is 35.7 Å². The SMILES string of the molecule is COc1ccc(C(Sc2ccc(F)cc2)C(=O)Nc2c(SC)cc(C)nc2SC)cc1. The third-order valence-electron chi connectivity index (χ3n) is 4.46. The topological polar surface area (TPSA) is 51.2 Å². The highest BCUT2D eigenvalue weighted by atomic mass is 32.2. The standard InChI is InChI=1S/C23H23FN2O2S3/c1-14-13-19(29-3)20(23(25-14)30-4)26-22(27)21(15-5-9-17(28-2)10-6-15)31-18-11-7-16(24)8-12-18/h5-13,21H,1-4H3,(H,26,27). The van der Waals surface area contributed by atoms with Gasteiger partial charge in [-0.25, -0.2) is 9.37 Å². The molecule has 0 aliphatic carbocycles. The summed E-state index contributed by atoms with van der Waals surface area (Å²) < 4.78 is 18.6. The minimum Gasteiger partial charge on any atom is -0.497 e. The number of ether oxygens (including phenoxy) is 1. The van der Waals surface area contributed by atoms with Crippen molar-refractivity contribution in [3.8, 4) is 5.75 Å². The maximum Gasteiger partial charge on any atom is 0.242 e. The lowest BCUT2D eigenvalue weighted by molar-refractivity contribution is -0.115. The van der Waals surface area contributed by atoms with Gasteiger partial charge in [-0.2, -0.15) is 0 Å². The van der Waals surface area contributed by atoms with Crippen LogP contribution < -0.4 is 10.1 Å². The molecule has 0 bridgehead atoms. The number of benzene rings is 2. The van der Waals surface area contributed by atoms with Crippen LogP contribution in [0.4, 0.5) is 10.1 Å². The van der Waals surface area contributed by atoms with Gasteiger partial charge in [-0.1, -0.05) is 12.1 Å². The molecule has 8 heteroatoms. The monoisotopic (exact) mass is 474 g/mol. The van der Waals surface area contributed by atoms with E-state index in [1.54, 1.807) is 31.0 Å². The van der Waals surface area contributed by atoms with E-state index in [2.05, 4.69) is 10.3 Å². The number of thioether (sulfide) groups is 3. The van der Waals surface area contributed by atoms with Crippen molar-refractivity contribution in [1.29, 1.82) is 0 Å². The molecule has 0 radical (unpaired) electrons. The molecule has 0 spiro atoms. The van der Waals surface area contributed by atoms with Crippen LogP contribution in [0.15, 0.2) is 69.4 Å². The Morgan fingerprint density at radius 2 is 1.74 bits per heavy atom. The van der Waals surface area contributed by atoms with Gasteiger partial charge in [-0.05, 0) is 67.5 Å². The first-order chi connectivity index (χ1) is 14.9. The van der Waals surface area contributed by atoms with Crippen molar-refractivity contribution in [2.45, 2.75) is 27.0 Å². The summed E-state index contributed by atoms with van der Waals surface area (Å²) >= 11 is 4.43. The average molecular weight is 475 g/mol. The third-order valence-corrected chi connectivity index (χ3v) is 7.17. The largest absolute Gasteiger partial charge is 0.497 e. The van der Waals surface area contributed by atoms with Crippen LogP contribution in [-0.2, 0) is 4.79 Å². The summed E-state index contributed by atoms with van der Waals surface area (Å²) in [6, 6.07) is 15.5. The summed E-state index contributed by atoms with van der Waals surface area (Å²) in [5.74, 6) is 0.234. The van der Waals surface area contributed by atoms with E-state index >= 15 is 0 Å². The second-order valence-electron chi connectivity index (χ2n) is 6.56. The van der Waals surface area contributed by atoms with Crippen molar-refractivity contribution < 1.29 is 13.9 Å². The number of anilines is 1. The molecule has 0 fully saturated rings. The van der Waals surface area contributed by atoms with Crippen LogP contribution in [0, 0.1) is 12.7 Å². The van der Waals surface area contributed by atoms with E-state index < -0.39 is 5.25 Å². The lowest BCUT2D eigenvalue weighted by Gasteiger charge is -2.20. The van der Waals surface area contributed by atoms with Gasteiger partial charge in [-0.3, -0.25) is 4.79 Å². The molecule has 0 saturated carbocycles. The molecule has 0 aliphatic heterocycles. The van der Waals surface area contributed by atoms with Gasteiger partial charge in [0.2, 0.25) is 5.91 Å². The maximum absolute atomic E-state index is 13.5. The summed E-state index contributed by atoms with van der Waals surface area (Å²) in [6.07, 6.45) is 3.92. The van der Waals surface area contributed by atoms with Crippen molar-refractivity contribution in [2.75, 3.05) is 24.9 Å². The Bertz CT molecular complexity index is 1020. The lowest BCUT2D eigenvalue weighted by atomic mass is 10.1. The van der Waals surface area contributed by atoms with Gasteiger partial charge >= 0.3 is 0 Å². The van der Waals surface area contributed by atoms with E-state index in [-0.39, 0.29) is 11.7 Å². The molecule has 0 aliphatic rings. The van der Waals surface area contributed by atoms with Crippen molar-refractivity contribution in [3.63, 3.8) is 0 Å². The normalized spacial score (nSPS) is 11.8.